The Morgan fingerprint density at radius 1 is 1.22 bits per heavy atom. The van der Waals surface area contributed by atoms with Crippen molar-refractivity contribution in [1.82, 2.24) is 19.3 Å². The molecule has 0 aliphatic heterocycles. The number of aromatic nitrogens is 3. The predicted molar refractivity (Wildman–Crippen MR) is 118 cm³/mol. The summed E-state index contributed by atoms with van der Waals surface area (Å²) in [7, 11) is -0.410. The summed E-state index contributed by atoms with van der Waals surface area (Å²) >= 11 is 0. The van der Waals surface area contributed by atoms with Crippen LogP contribution in [0.1, 0.15) is 10.4 Å². The van der Waals surface area contributed by atoms with E-state index in [-0.39, 0.29) is 41.8 Å². The largest absolute Gasteiger partial charge is 0.492 e. The first-order valence-corrected chi connectivity index (χ1v) is 11.2. The first kappa shape index (κ1) is 23.0. The number of rotatable bonds is 8. The summed E-state index contributed by atoms with van der Waals surface area (Å²) in [6.07, 6.45) is 3.59. The van der Waals surface area contributed by atoms with Crippen LogP contribution in [0.4, 0.5) is 11.8 Å². The summed E-state index contributed by atoms with van der Waals surface area (Å²) < 4.78 is 37.0. The molecule has 4 N–H and O–H groups in total. The average molecular weight is 462 g/mol. The van der Waals surface area contributed by atoms with E-state index in [9.17, 15) is 18.0 Å². The van der Waals surface area contributed by atoms with Gasteiger partial charge >= 0.3 is 0 Å². The Morgan fingerprint density at radius 2 is 1.91 bits per heavy atom. The van der Waals surface area contributed by atoms with Gasteiger partial charge in [0.15, 0.2) is 11.5 Å². The van der Waals surface area contributed by atoms with E-state index in [4.69, 9.17) is 15.2 Å². The summed E-state index contributed by atoms with van der Waals surface area (Å²) in [6.45, 7) is 0.0993. The van der Waals surface area contributed by atoms with Crippen molar-refractivity contribution < 1.29 is 22.7 Å². The van der Waals surface area contributed by atoms with Crippen molar-refractivity contribution in [2.24, 2.45) is 7.05 Å². The smallest absolute Gasteiger partial charge is 0.259 e. The van der Waals surface area contributed by atoms with Crippen LogP contribution in [-0.2, 0) is 17.1 Å². The van der Waals surface area contributed by atoms with Gasteiger partial charge in [-0.25, -0.2) is 23.1 Å². The number of fused-ring (bicyclic) bond motifs is 1. The molecule has 0 atom stereocenters. The number of benzene rings is 1. The van der Waals surface area contributed by atoms with Gasteiger partial charge in [-0.1, -0.05) is 0 Å². The van der Waals surface area contributed by atoms with E-state index in [2.05, 4.69) is 20.0 Å². The molecule has 32 heavy (non-hydrogen) atoms. The molecule has 1 amide bonds. The number of nitrogens with one attached hydrogen (secondary N) is 2. The van der Waals surface area contributed by atoms with E-state index < -0.39 is 15.9 Å². The van der Waals surface area contributed by atoms with E-state index in [1.807, 2.05) is 0 Å². The van der Waals surface area contributed by atoms with Gasteiger partial charge in [0.2, 0.25) is 16.0 Å². The Bertz CT molecular complexity index is 1320. The number of pyridine rings is 1. The quantitative estimate of drug-likeness (QED) is 0.393. The van der Waals surface area contributed by atoms with Gasteiger partial charge in [0.1, 0.15) is 12.4 Å². The summed E-state index contributed by atoms with van der Waals surface area (Å²) in [5.41, 5.74) is 5.23. The third-order valence-electron chi connectivity index (χ3n) is 4.44. The Morgan fingerprint density at radius 3 is 2.53 bits per heavy atom. The molecule has 13 heteroatoms. The molecule has 12 nitrogen and oxygen atoms in total. The van der Waals surface area contributed by atoms with Gasteiger partial charge < -0.3 is 20.5 Å². The number of carbonyl (C=O) groups excluding carboxylic acids is 1. The van der Waals surface area contributed by atoms with E-state index in [1.54, 1.807) is 18.2 Å². The highest BCUT2D eigenvalue weighted by molar-refractivity contribution is 7.88. The number of nitrogens with zero attached hydrogens (tertiary/aromatic N) is 3. The number of hydrogen-bond donors (Lipinski definition) is 3. The molecule has 0 unspecified atom stereocenters. The number of nitrogen functional groups attached to an aromatic ring is 1. The molecule has 0 aliphatic rings. The molecule has 2 aromatic heterocycles. The third-order valence-corrected chi connectivity index (χ3v) is 5.17. The highest BCUT2D eigenvalue weighted by Gasteiger charge is 2.17. The van der Waals surface area contributed by atoms with E-state index in [0.29, 0.717) is 16.5 Å². The molecule has 3 rings (SSSR count). The van der Waals surface area contributed by atoms with Crippen LogP contribution in [0.15, 0.2) is 35.4 Å². The number of hydrogen-bond acceptors (Lipinski definition) is 9. The van der Waals surface area contributed by atoms with Crippen molar-refractivity contribution in [3.63, 3.8) is 0 Å². The molecule has 3 aromatic rings. The number of methoxy groups -OCH3 is 1. The molecule has 2 heterocycles. The molecule has 0 bridgehead atoms. The van der Waals surface area contributed by atoms with Crippen molar-refractivity contribution in [2.75, 3.05) is 37.6 Å². The second kappa shape index (κ2) is 9.20. The van der Waals surface area contributed by atoms with Crippen molar-refractivity contribution >= 4 is 38.5 Å². The maximum Gasteiger partial charge on any atom is 0.259 e. The second-order valence-corrected chi connectivity index (χ2v) is 8.58. The molecule has 0 aliphatic carbocycles. The van der Waals surface area contributed by atoms with Crippen LogP contribution in [0.2, 0.25) is 0 Å². The summed E-state index contributed by atoms with van der Waals surface area (Å²) in [6, 6.07) is 4.71. The Balaban J connectivity index is 1.94. The summed E-state index contributed by atoms with van der Waals surface area (Å²) in [5, 5.41) is 3.41. The zero-order valence-electron chi connectivity index (χ0n) is 17.6. The third kappa shape index (κ3) is 5.12. The predicted octanol–water partition coefficient (Wildman–Crippen LogP) is 0.0996. The fourth-order valence-electron chi connectivity index (χ4n) is 2.91. The minimum absolute atomic E-state index is 0.0312. The lowest BCUT2D eigenvalue weighted by Crippen LogP contribution is -2.27. The minimum atomic E-state index is -3.34. The van der Waals surface area contributed by atoms with E-state index in [1.165, 1.54) is 31.1 Å². The van der Waals surface area contributed by atoms with Gasteiger partial charge in [-0.05, 0) is 18.2 Å². The first-order chi connectivity index (χ1) is 15.1. The van der Waals surface area contributed by atoms with E-state index >= 15 is 0 Å². The molecule has 0 saturated carbocycles. The number of ether oxygens (including phenoxy) is 2. The van der Waals surface area contributed by atoms with Gasteiger partial charge in [0.05, 0.1) is 24.3 Å². The molecule has 0 fully saturated rings. The number of sulfonamides is 1. The molecular weight excluding hydrogens is 440 g/mol. The lowest BCUT2D eigenvalue weighted by molar-refractivity contribution is 0.102. The zero-order valence-corrected chi connectivity index (χ0v) is 18.4. The first-order valence-electron chi connectivity index (χ1n) is 9.27. The summed E-state index contributed by atoms with van der Waals surface area (Å²) in [5.74, 6) is 0.290. The Labute approximate surface area is 183 Å². The van der Waals surface area contributed by atoms with Crippen molar-refractivity contribution in [3.05, 3.63) is 46.5 Å². The van der Waals surface area contributed by atoms with Gasteiger partial charge in [-0.15, -0.1) is 0 Å². The van der Waals surface area contributed by atoms with Crippen LogP contribution in [0.5, 0.6) is 11.5 Å². The molecule has 0 radical (unpaired) electrons. The van der Waals surface area contributed by atoms with Crippen LogP contribution in [-0.4, -0.2) is 55.4 Å². The molecule has 170 valence electrons. The van der Waals surface area contributed by atoms with Crippen molar-refractivity contribution in [1.29, 1.82) is 0 Å². The lowest BCUT2D eigenvalue weighted by atomic mass is 10.1. The van der Waals surface area contributed by atoms with Gasteiger partial charge in [-0.2, -0.15) is 0 Å². The summed E-state index contributed by atoms with van der Waals surface area (Å²) in [4.78, 5) is 33.0. The number of amides is 1. The fraction of sp³-hybridized carbons (Fsp3) is 0.263. The highest BCUT2D eigenvalue weighted by atomic mass is 32.2. The Kier molecular flexibility index (Phi) is 6.60. The zero-order chi connectivity index (χ0) is 23.5. The van der Waals surface area contributed by atoms with Crippen LogP contribution in [0.3, 0.4) is 0 Å². The van der Waals surface area contributed by atoms with Crippen molar-refractivity contribution in [3.8, 4) is 11.5 Å². The standard InChI is InChI=1S/C19H22N6O6S/c1-25-15(24-17(26)11-9-21-19(20)22-10-11)8-13-12(18(25)27)4-5-14(16(13)30-2)31-7-6-23-32(3,28)29/h4-5,8-10,23H,6-7H2,1-3H3,(H,24,26)(H2,20,21,22). The monoisotopic (exact) mass is 462 g/mol. The molecule has 0 saturated heterocycles. The normalized spacial score (nSPS) is 11.3. The maximum atomic E-state index is 12.9. The molecule has 1 aromatic carbocycles. The fourth-order valence-corrected chi connectivity index (χ4v) is 3.36. The SMILES string of the molecule is COc1c(OCCNS(C)(=O)=O)ccc2c(=O)n(C)c(NC(=O)c3cnc(N)nc3)cc12. The molecular formula is C19H22N6O6S. The van der Waals surface area contributed by atoms with Crippen LogP contribution >= 0.6 is 0 Å². The second-order valence-electron chi connectivity index (χ2n) is 6.75. The minimum Gasteiger partial charge on any atom is -0.492 e. The van der Waals surface area contributed by atoms with Crippen LogP contribution < -0.4 is 30.8 Å². The number of carbonyl (C=O) groups is 1. The van der Waals surface area contributed by atoms with Crippen molar-refractivity contribution in [2.45, 2.75) is 0 Å². The van der Waals surface area contributed by atoms with Crippen LogP contribution in [0.25, 0.3) is 10.8 Å². The van der Waals surface area contributed by atoms with Crippen LogP contribution in [0, 0.1) is 0 Å². The van der Waals surface area contributed by atoms with E-state index in [0.717, 1.165) is 6.26 Å². The average Bonchev–Trinajstić information content (AvgIpc) is 2.74. The number of nitrogens with two attached hydrogens (primary N) is 1. The number of anilines is 2. The maximum absolute atomic E-state index is 12.9. The lowest BCUT2D eigenvalue weighted by Gasteiger charge is -2.16. The Hall–Kier alpha value is -3.71. The van der Waals surface area contributed by atoms with Gasteiger partial charge in [-0.3, -0.25) is 14.2 Å². The topological polar surface area (TPSA) is 168 Å². The van der Waals surface area contributed by atoms with Gasteiger partial charge in [0, 0.05) is 31.4 Å². The molecule has 0 spiro atoms. The highest BCUT2D eigenvalue weighted by Crippen LogP contribution is 2.35. The van der Waals surface area contributed by atoms with Gasteiger partial charge in [0.25, 0.3) is 11.5 Å².